The van der Waals surface area contributed by atoms with E-state index in [0.717, 1.165) is 11.4 Å². The van der Waals surface area contributed by atoms with E-state index in [1.165, 1.54) is 11.3 Å². The zero-order valence-corrected chi connectivity index (χ0v) is 12.4. The molecule has 18 heavy (non-hydrogen) atoms. The van der Waals surface area contributed by atoms with Crippen molar-refractivity contribution >= 4 is 27.9 Å². The SMILES string of the molecule is CCNC(=O)c1sc(NC(CC)C(C)C)cc1N. The molecule has 0 fully saturated rings. The minimum Gasteiger partial charge on any atom is -0.397 e. The molecule has 1 amide bonds. The van der Waals surface area contributed by atoms with Crippen LogP contribution in [0.15, 0.2) is 6.07 Å². The van der Waals surface area contributed by atoms with Gasteiger partial charge in [-0.1, -0.05) is 20.8 Å². The molecule has 1 rings (SSSR count). The van der Waals surface area contributed by atoms with Gasteiger partial charge < -0.3 is 16.4 Å². The zero-order valence-electron chi connectivity index (χ0n) is 11.5. The highest BCUT2D eigenvalue weighted by molar-refractivity contribution is 7.18. The van der Waals surface area contributed by atoms with E-state index >= 15 is 0 Å². The average molecular weight is 269 g/mol. The van der Waals surface area contributed by atoms with E-state index in [9.17, 15) is 4.79 Å². The van der Waals surface area contributed by atoms with Crippen molar-refractivity contribution in [3.63, 3.8) is 0 Å². The van der Waals surface area contributed by atoms with Crippen LogP contribution in [0.3, 0.4) is 0 Å². The number of nitrogens with one attached hydrogen (secondary N) is 2. The van der Waals surface area contributed by atoms with Gasteiger partial charge in [-0.15, -0.1) is 11.3 Å². The maximum Gasteiger partial charge on any atom is 0.263 e. The predicted octanol–water partition coefficient (Wildman–Crippen LogP) is 2.93. The number of amides is 1. The number of carbonyl (C=O) groups excluding carboxylic acids is 1. The molecule has 0 bridgehead atoms. The molecule has 1 unspecified atom stereocenters. The Labute approximate surface area is 113 Å². The van der Waals surface area contributed by atoms with Gasteiger partial charge in [-0.3, -0.25) is 4.79 Å². The van der Waals surface area contributed by atoms with Crippen LogP contribution >= 0.6 is 11.3 Å². The van der Waals surface area contributed by atoms with Crippen LogP contribution in [0.1, 0.15) is 43.8 Å². The summed E-state index contributed by atoms with van der Waals surface area (Å²) in [5, 5.41) is 7.18. The topological polar surface area (TPSA) is 67.2 Å². The van der Waals surface area contributed by atoms with Gasteiger partial charge >= 0.3 is 0 Å². The third-order valence-corrected chi connectivity index (χ3v) is 3.96. The first kappa shape index (κ1) is 14.8. The second kappa shape index (κ2) is 6.64. The Morgan fingerprint density at radius 1 is 1.44 bits per heavy atom. The molecular formula is C13H23N3OS. The standard InChI is InChI=1S/C13H23N3OS/c1-5-10(8(3)4)16-11-7-9(14)12(18-11)13(17)15-6-2/h7-8,10,16H,5-6,14H2,1-4H3,(H,15,17). The van der Waals surface area contributed by atoms with Gasteiger partial charge in [-0.05, 0) is 25.3 Å². The largest absolute Gasteiger partial charge is 0.397 e. The summed E-state index contributed by atoms with van der Waals surface area (Å²) in [4.78, 5) is 12.4. The van der Waals surface area contributed by atoms with Crippen LogP contribution in [-0.4, -0.2) is 18.5 Å². The summed E-state index contributed by atoms with van der Waals surface area (Å²) >= 11 is 1.42. The normalized spacial score (nSPS) is 12.5. The molecule has 1 atom stereocenters. The van der Waals surface area contributed by atoms with Crippen LogP contribution in [0.5, 0.6) is 0 Å². The Morgan fingerprint density at radius 3 is 2.61 bits per heavy atom. The van der Waals surface area contributed by atoms with Gasteiger partial charge in [0.2, 0.25) is 0 Å². The van der Waals surface area contributed by atoms with Gasteiger partial charge in [0, 0.05) is 12.6 Å². The van der Waals surface area contributed by atoms with Crippen molar-refractivity contribution in [2.45, 2.75) is 40.2 Å². The summed E-state index contributed by atoms with van der Waals surface area (Å²) < 4.78 is 0. The van der Waals surface area contributed by atoms with Gasteiger partial charge in [0.25, 0.3) is 5.91 Å². The summed E-state index contributed by atoms with van der Waals surface area (Å²) in [6.07, 6.45) is 1.05. The van der Waals surface area contributed by atoms with E-state index in [-0.39, 0.29) is 5.91 Å². The fourth-order valence-corrected chi connectivity index (χ4v) is 2.78. The van der Waals surface area contributed by atoms with Gasteiger partial charge in [-0.25, -0.2) is 0 Å². The second-order valence-electron chi connectivity index (χ2n) is 4.66. The Kier molecular flexibility index (Phi) is 5.47. The first-order valence-corrected chi connectivity index (χ1v) is 7.25. The number of hydrogen-bond acceptors (Lipinski definition) is 4. The van der Waals surface area contributed by atoms with Crippen LogP contribution in [0.2, 0.25) is 0 Å². The predicted molar refractivity (Wildman–Crippen MR) is 79.3 cm³/mol. The molecule has 0 aliphatic rings. The lowest BCUT2D eigenvalue weighted by atomic mass is 10.0. The zero-order chi connectivity index (χ0) is 13.7. The molecule has 0 saturated carbocycles. The molecule has 1 aromatic heterocycles. The molecular weight excluding hydrogens is 246 g/mol. The summed E-state index contributed by atoms with van der Waals surface area (Å²) in [6.45, 7) is 9.03. The van der Waals surface area contributed by atoms with Crippen molar-refractivity contribution in [3.05, 3.63) is 10.9 Å². The van der Waals surface area contributed by atoms with E-state index in [1.54, 1.807) is 0 Å². The number of nitrogens with two attached hydrogens (primary N) is 1. The van der Waals surface area contributed by atoms with E-state index < -0.39 is 0 Å². The van der Waals surface area contributed by atoms with Gasteiger partial charge in [0.05, 0.1) is 10.7 Å². The first-order chi connectivity index (χ1) is 8.49. The molecule has 0 aliphatic heterocycles. The maximum absolute atomic E-state index is 11.8. The Morgan fingerprint density at radius 2 is 2.11 bits per heavy atom. The lowest BCUT2D eigenvalue weighted by Crippen LogP contribution is -2.24. The molecule has 0 spiro atoms. The third-order valence-electron chi connectivity index (χ3n) is 2.88. The van der Waals surface area contributed by atoms with Gasteiger partial charge in [-0.2, -0.15) is 0 Å². The summed E-state index contributed by atoms with van der Waals surface area (Å²) in [5.74, 6) is 0.455. The molecule has 0 saturated heterocycles. The highest BCUT2D eigenvalue weighted by Crippen LogP contribution is 2.30. The van der Waals surface area contributed by atoms with E-state index in [2.05, 4.69) is 31.4 Å². The van der Waals surface area contributed by atoms with Crippen molar-refractivity contribution in [1.82, 2.24) is 5.32 Å². The highest BCUT2D eigenvalue weighted by atomic mass is 32.1. The highest BCUT2D eigenvalue weighted by Gasteiger charge is 2.16. The number of hydrogen-bond donors (Lipinski definition) is 3. The summed E-state index contributed by atoms with van der Waals surface area (Å²) in [6, 6.07) is 2.26. The lowest BCUT2D eigenvalue weighted by molar-refractivity contribution is 0.0960. The second-order valence-corrected chi connectivity index (χ2v) is 5.71. The van der Waals surface area contributed by atoms with Crippen molar-refractivity contribution < 1.29 is 4.79 Å². The van der Waals surface area contributed by atoms with Crippen molar-refractivity contribution in [2.24, 2.45) is 5.92 Å². The Bertz CT molecular complexity index is 401. The average Bonchev–Trinajstić information content (AvgIpc) is 2.67. The Balaban J connectivity index is 2.80. The van der Waals surface area contributed by atoms with E-state index in [1.807, 2.05) is 13.0 Å². The Hall–Kier alpha value is -1.23. The molecule has 102 valence electrons. The van der Waals surface area contributed by atoms with E-state index in [0.29, 0.717) is 29.1 Å². The maximum atomic E-state index is 11.8. The van der Waals surface area contributed by atoms with Crippen LogP contribution in [-0.2, 0) is 0 Å². The molecule has 5 heteroatoms. The number of anilines is 2. The number of thiophene rings is 1. The summed E-state index contributed by atoms with van der Waals surface area (Å²) in [7, 11) is 0. The third kappa shape index (κ3) is 3.63. The van der Waals surface area contributed by atoms with Crippen molar-refractivity contribution in [3.8, 4) is 0 Å². The molecule has 0 aliphatic carbocycles. The van der Waals surface area contributed by atoms with Crippen LogP contribution in [0.4, 0.5) is 10.7 Å². The molecule has 1 heterocycles. The fraction of sp³-hybridized carbons (Fsp3) is 0.615. The number of rotatable bonds is 6. The lowest BCUT2D eigenvalue weighted by Gasteiger charge is -2.20. The van der Waals surface area contributed by atoms with Crippen LogP contribution in [0.25, 0.3) is 0 Å². The minimum atomic E-state index is -0.0920. The molecule has 4 nitrogen and oxygen atoms in total. The summed E-state index contributed by atoms with van der Waals surface area (Å²) in [5.41, 5.74) is 6.42. The van der Waals surface area contributed by atoms with Crippen molar-refractivity contribution in [2.75, 3.05) is 17.6 Å². The molecule has 4 N–H and O–H groups in total. The number of carbonyl (C=O) groups is 1. The molecule has 0 radical (unpaired) electrons. The first-order valence-electron chi connectivity index (χ1n) is 6.43. The fourth-order valence-electron chi connectivity index (χ4n) is 1.82. The van der Waals surface area contributed by atoms with Crippen molar-refractivity contribution in [1.29, 1.82) is 0 Å². The minimum absolute atomic E-state index is 0.0920. The quantitative estimate of drug-likeness (QED) is 0.744. The molecule has 0 aromatic carbocycles. The van der Waals surface area contributed by atoms with Crippen LogP contribution < -0.4 is 16.4 Å². The monoisotopic (exact) mass is 269 g/mol. The van der Waals surface area contributed by atoms with E-state index in [4.69, 9.17) is 5.73 Å². The molecule has 1 aromatic rings. The number of nitrogen functional groups attached to an aromatic ring is 1. The van der Waals surface area contributed by atoms with Gasteiger partial charge in [0.1, 0.15) is 4.88 Å². The van der Waals surface area contributed by atoms with Crippen LogP contribution in [0, 0.1) is 5.92 Å². The van der Waals surface area contributed by atoms with Gasteiger partial charge in [0.15, 0.2) is 0 Å². The smallest absolute Gasteiger partial charge is 0.263 e.